The highest BCUT2D eigenvalue weighted by molar-refractivity contribution is 5.99. The lowest BCUT2D eigenvalue weighted by Crippen LogP contribution is -2.41. The number of rotatable bonds is 2. The summed E-state index contributed by atoms with van der Waals surface area (Å²) < 4.78 is 70.1. The fraction of sp³-hybridized carbons (Fsp3) is 0.412. The van der Waals surface area contributed by atoms with Gasteiger partial charge in [0.15, 0.2) is 23.3 Å². The Morgan fingerprint density at radius 3 is 2.33 bits per heavy atom. The summed E-state index contributed by atoms with van der Waals surface area (Å²) in [5.41, 5.74) is 3.56. The molecule has 0 radical (unpaired) electrons. The molecular formula is C34H31F4N2O3+. The molecule has 3 aromatic carbocycles. The largest absolute Gasteiger partial charge is 0.478 e. The number of fused-ring (bicyclic) bond motifs is 4. The van der Waals surface area contributed by atoms with Crippen molar-refractivity contribution in [2.45, 2.75) is 64.2 Å². The lowest BCUT2D eigenvalue weighted by molar-refractivity contribution is 0.0689. The Labute approximate surface area is 245 Å². The Kier molecular flexibility index (Phi) is 6.11. The second-order valence-corrected chi connectivity index (χ2v) is 12.4. The Balaban J connectivity index is 1.58. The molecule has 5 aliphatic rings. The molecular weight excluding hydrogens is 560 g/mol. The van der Waals surface area contributed by atoms with Crippen LogP contribution in [0.2, 0.25) is 0 Å². The van der Waals surface area contributed by atoms with Crippen LogP contribution in [0.3, 0.4) is 0 Å². The van der Waals surface area contributed by atoms with Crippen molar-refractivity contribution in [1.29, 1.82) is 0 Å². The molecule has 0 saturated heterocycles. The van der Waals surface area contributed by atoms with Crippen LogP contribution in [0.4, 0.5) is 23.2 Å². The third-order valence-corrected chi connectivity index (χ3v) is 9.92. The van der Waals surface area contributed by atoms with Gasteiger partial charge in [0.25, 0.3) is 0 Å². The molecule has 0 atom stereocenters. The first-order valence-corrected chi connectivity index (χ1v) is 15.4. The van der Waals surface area contributed by atoms with E-state index in [0.29, 0.717) is 35.1 Å². The molecule has 3 aromatic rings. The van der Waals surface area contributed by atoms with E-state index in [9.17, 15) is 14.3 Å². The van der Waals surface area contributed by atoms with Crippen molar-refractivity contribution >= 4 is 17.2 Å². The number of anilines is 1. The van der Waals surface area contributed by atoms with Crippen LogP contribution >= 0.6 is 0 Å². The van der Waals surface area contributed by atoms with Gasteiger partial charge in [-0.15, -0.1) is 0 Å². The number of aryl methyl sites for hydroxylation is 2. The zero-order valence-electron chi connectivity index (χ0n) is 23.7. The third-order valence-electron chi connectivity index (χ3n) is 9.92. The summed E-state index contributed by atoms with van der Waals surface area (Å²) in [7, 11) is 0. The summed E-state index contributed by atoms with van der Waals surface area (Å²) in [6.45, 7) is 3.63. The molecule has 0 spiro atoms. The highest BCUT2D eigenvalue weighted by Gasteiger charge is 2.39. The number of aromatic carboxylic acids is 1. The summed E-state index contributed by atoms with van der Waals surface area (Å²) in [6, 6.07) is 3.79. The van der Waals surface area contributed by atoms with E-state index in [1.165, 1.54) is 0 Å². The van der Waals surface area contributed by atoms with Crippen molar-refractivity contribution < 1.29 is 32.2 Å². The zero-order valence-corrected chi connectivity index (χ0v) is 23.7. The maximum atomic E-state index is 16.0. The van der Waals surface area contributed by atoms with E-state index in [1.807, 2.05) is 12.1 Å². The van der Waals surface area contributed by atoms with Crippen LogP contribution in [0.1, 0.15) is 82.3 Å². The van der Waals surface area contributed by atoms with E-state index < -0.39 is 40.4 Å². The summed E-state index contributed by atoms with van der Waals surface area (Å²) in [4.78, 5) is 14.8. The molecule has 0 amide bonds. The lowest BCUT2D eigenvalue weighted by Gasteiger charge is -2.35. The second-order valence-electron chi connectivity index (χ2n) is 12.4. The molecule has 1 N–H and O–H groups in total. The molecule has 5 heterocycles. The van der Waals surface area contributed by atoms with Gasteiger partial charge < -0.3 is 14.7 Å². The number of hydrogen-bond donors (Lipinski definition) is 1. The number of hydrogen-bond acceptors (Lipinski definition) is 3. The number of carbonyl (C=O) groups is 1. The number of nitrogens with zero attached hydrogens (tertiary/aromatic N) is 2. The molecule has 0 bridgehead atoms. The SMILES string of the molecule is O=C(O)c1c(F)c(F)c(F)c(F)c1C1=c2cc3c4c(c2Oc2c1cc1c5c2CCCN5CCCC1)CCC[N+]=4CCCC3. The first-order valence-electron chi connectivity index (χ1n) is 15.4. The van der Waals surface area contributed by atoms with Crippen LogP contribution in [-0.4, -0.2) is 37.3 Å². The summed E-state index contributed by atoms with van der Waals surface area (Å²) in [5, 5.41) is 11.6. The topological polar surface area (TPSA) is 52.8 Å². The van der Waals surface area contributed by atoms with E-state index in [0.717, 1.165) is 111 Å². The molecule has 0 saturated carbocycles. The zero-order chi connectivity index (χ0) is 29.6. The number of carboxylic acids is 1. The van der Waals surface area contributed by atoms with Crippen LogP contribution in [0.5, 0.6) is 11.5 Å². The molecule has 9 heteroatoms. The van der Waals surface area contributed by atoms with E-state index >= 15 is 13.2 Å². The molecule has 0 aliphatic carbocycles. The van der Waals surface area contributed by atoms with Crippen LogP contribution in [0.25, 0.3) is 5.57 Å². The Bertz CT molecular complexity index is 1900. The van der Waals surface area contributed by atoms with Gasteiger partial charge in [-0.25, -0.2) is 26.9 Å². The summed E-state index contributed by atoms with van der Waals surface area (Å²) in [5.74, 6) is -8.67. The van der Waals surface area contributed by atoms with Crippen molar-refractivity contribution in [3.05, 3.63) is 84.9 Å². The summed E-state index contributed by atoms with van der Waals surface area (Å²) in [6.07, 6.45) is 8.60. The van der Waals surface area contributed by atoms with Gasteiger partial charge in [0.2, 0.25) is 5.36 Å². The molecule has 0 unspecified atom stereocenters. The fourth-order valence-corrected chi connectivity index (χ4v) is 8.17. The number of ether oxygens (including phenoxy) is 1. The standard InChI is InChI=1S/C34H30F4N2O3/c35-26-24(25(34(41)42)27(36)29(38)28(26)37)23-21-15-17-7-1-3-11-39-13-5-9-19(30(17)39)32(21)43-33-20-10-6-14-40-12-4-2-8-18(31(20)40)16-22(23)33/h15-16H,1-14H2/p+1. The van der Waals surface area contributed by atoms with Gasteiger partial charge >= 0.3 is 5.97 Å². The van der Waals surface area contributed by atoms with Crippen molar-refractivity contribution in [2.75, 3.05) is 31.1 Å². The summed E-state index contributed by atoms with van der Waals surface area (Å²) >= 11 is 0. The molecule has 5 nitrogen and oxygen atoms in total. The first kappa shape index (κ1) is 26.7. The molecule has 0 aromatic heterocycles. The van der Waals surface area contributed by atoms with Crippen molar-refractivity contribution in [3.63, 3.8) is 0 Å². The number of halogens is 4. The molecule has 8 rings (SSSR count). The van der Waals surface area contributed by atoms with E-state index in [1.54, 1.807) is 0 Å². The van der Waals surface area contributed by atoms with E-state index in [2.05, 4.69) is 9.48 Å². The van der Waals surface area contributed by atoms with Gasteiger partial charge in [-0.1, -0.05) is 0 Å². The Hall–Kier alpha value is -3.88. The average Bonchev–Trinajstić information content (AvgIpc) is 3.35. The number of benzene rings is 3. The maximum absolute atomic E-state index is 16.0. The van der Waals surface area contributed by atoms with Crippen molar-refractivity contribution in [2.24, 2.45) is 0 Å². The highest BCUT2D eigenvalue weighted by atomic mass is 19.2. The minimum atomic E-state index is -2.13. The minimum absolute atomic E-state index is 0.0600. The molecule has 43 heavy (non-hydrogen) atoms. The van der Waals surface area contributed by atoms with Gasteiger partial charge in [0.05, 0.1) is 5.56 Å². The van der Waals surface area contributed by atoms with E-state index in [-0.39, 0.29) is 5.57 Å². The predicted molar refractivity (Wildman–Crippen MR) is 153 cm³/mol. The van der Waals surface area contributed by atoms with Gasteiger partial charge in [0, 0.05) is 64.7 Å². The molecule has 0 fully saturated rings. The lowest BCUT2D eigenvalue weighted by atomic mass is 9.82. The second kappa shape index (κ2) is 9.82. The van der Waals surface area contributed by atoms with Gasteiger partial charge in [-0.2, -0.15) is 0 Å². The van der Waals surface area contributed by atoms with Gasteiger partial charge in [0.1, 0.15) is 30.2 Å². The van der Waals surface area contributed by atoms with Gasteiger partial charge in [-0.05, 0) is 69.1 Å². The van der Waals surface area contributed by atoms with Crippen molar-refractivity contribution in [1.82, 2.24) is 4.58 Å². The Morgan fingerprint density at radius 1 is 0.767 bits per heavy atom. The Morgan fingerprint density at radius 2 is 1.49 bits per heavy atom. The monoisotopic (exact) mass is 591 g/mol. The van der Waals surface area contributed by atoms with Crippen LogP contribution in [0.15, 0.2) is 12.1 Å². The number of carboxylic acid groups (broad SMARTS) is 1. The molecule has 5 aliphatic heterocycles. The van der Waals surface area contributed by atoms with Crippen LogP contribution in [-0.2, 0) is 25.7 Å². The van der Waals surface area contributed by atoms with Crippen LogP contribution in [0, 0.1) is 23.3 Å². The first-order chi connectivity index (χ1) is 20.8. The molecule has 222 valence electrons. The maximum Gasteiger partial charge on any atom is 0.339 e. The predicted octanol–water partition coefficient (Wildman–Crippen LogP) is 5.16. The average molecular weight is 592 g/mol. The smallest absolute Gasteiger partial charge is 0.339 e. The van der Waals surface area contributed by atoms with Gasteiger partial charge in [-0.3, -0.25) is 0 Å². The fourth-order valence-electron chi connectivity index (χ4n) is 8.17. The van der Waals surface area contributed by atoms with Crippen LogP contribution < -0.4 is 24.8 Å². The highest BCUT2D eigenvalue weighted by Crippen LogP contribution is 2.49. The minimum Gasteiger partial charge on any atom is -0.478 e. The quantitative estimate of drug-likeness (QED) is 0.152. The third kappa shape index (κ3) is 3.82. The normalized spacial score (nSPS) is 18.6. The van der Waals surface area contributed by atoms with E-state index in [4.69, 9.17) is 4.74 Å². The van der Waals surface area contributed by atoms with Crippen molar-refractivity contribution in [3.8, 4) is 11.5 Å².